The molecule has 0 fully saturated rings. The highest BCUT2D eigenvalue weighted by molar-refractivity contribution is 6.33. The number of benzene rings is 1. The van der Waals surface area contributed by atoms with E-state index in [4.69, 9.17) is 16.3 Å². The molecule has 122 valence electrons. The topological polar surface area (TPSA) is 60.3 Å². The smallest absolute Gasteiger partial charge is 0.255 e. The zero-order valence-corrected chi connectivity index (χ0v) is 13.5. The molecular formula is C15H16ClFN4O2. The fourth-order valence-corrected chi connectivity index (χ4v) is 3.08. The van der Waals surface area contributed by atoms with E-state index in [1.165, 1.54) is 12.1 Å². The molecule has 6 nitrogen and oxygen atoms in total. The minimum atomic E-state index is -0.470. The third-order valence-corrected chi connectivity index (χ3v) is 4.13. The summed E-state index contributed by atoms with van der Waals surface area (Å²) in [5.74, 6) is 0.719. The molecule has 2 heterocycles. The predicted molar refractivity (Wildman–Crippen MR) is 81.6 cm³/mol. The van der Waals surface area contributed by atoms with E-state index in [9.17, 15) is 9.18 Å². The van der Waals surface area contributed by atoms with Crippen LogP contribution in [0.15, 0.2) is 18.2 Å². The van der Waals surface area contributed by atoms with Crippen molar-refractivity contribution in [1.82, 2.24) is 19.7 Å². The second-order valence-corrected chi connectivity index (χ2v) is 5.90. The number of methoxy groups -OCH3 is 1. The van der Waals surface area contributed by atoms with Gasteiger partial charge in [0.1, 0.15) is 12.4 Å². The molecule has 1 amide bonds. The highest BCUT2D eigenvalue weighted by atomic mass is 35.5. The number of carbonyl (C=O) groups is 1. The van der Waals surface area contributed by atoms with E-state index in [1.54, 1.807) is 12.0 Å². The summed E-state index contributed by atoms with van der Waals surface area (Å²) in [4.78, 5) is 14.3. The monoisotopic (exact) mass is 338 g/mol. The summed E-state index contributed by atoms with van der Waals surface area (Å²) in [6.45, 7) is 3.18. The van der Waals surface area contributed by atoms with Crippen LogP contribution in [-0.4, -0.2) is 39.2 Å². The highest BCUT2D eigenvalue weighted by Crippen LogP contribution is 2.25. The summed E-state index contributed by atoms with van der Waals surface area (Å²) >= 11 is 5.99. The Morgan fingerprint density at radius 3 is 2.96 bits per heavy atom. The number of nitrogens with zero attached hydrogens (tertiary/aromatic N) is 4. The third kappa shape index (κ3) is 2.94. The van der Waals surface area contributed by atoms with Crippen molar-refractivity contribution in [2.45, 2.75) is 26.1 Å². The molecule has 8 heteroatoms. The predicted octanol–water partition coefficient (Wildman–Crippen LogP) is 2.43. The van der Waals surface area contributed by atoms with Crippen molar-refractivity contribution in [3.8, 4) is 0 Å². The average Bonchev–Trinajstić information content (AvgIpc) is 2.90. The summed E-state index contributed by atoms with van der Waals surface area (Å²) in [5, 5.41) is 8.35. The molecule has 1 aromatic heterocycles. The molecule has 2 aromatic rings. The highest BCUT2D eigenvalue weighted by Gasteiger charge is 2.30. The number of carbonyl (C=O) groups excluding carboxylic acids is 1. The maximum absolute atomic E-state index is 13.1. The molecule has 0 unspecified atom stereocenters. The molecule has 1 atom stereocenters. The van der Waals surface area contributed by atoms with Crippen molar-refractivity contribution in [3.05, 3.63) is 46.3 Å². The van der Waals surface area contributed by atoms with Gasteiger partial charge in [0.05, 0.1) is 23.2 Å². The van der Waals surface area contributed by atoms with Crippen LogP contribution in [0, 0.1) is 5.82 Å². The van der Waals surface area contributed by atoms with Crippen LogP contribution in [0.1, 0.15) is 35.0 Å². The first kappa shape index (κ1) is 15.9. The van der Waals surface area contributed by atoms with Crippen molar-refractivity contribution in [3.63, 3.8) is 0 Å². The summed E-state index contributed by atoms with van der Waals surface area (Å²) in [5.41, 5.74) is 0.283. The first-order valence-electron chi connectivity index (χ1n) is 7.17. The normalized spacial score (nSPS) is 17.2. The molecule has 0 aliphatic carbocycles. The zero-order valence-electron chi connectivity index (χ0n) is 12.8. The van der Waals surface area contributed by atoms with E-state index >= 15 is 0 Å². The van der Waals surface area contributed by atoms with Crippen LogP contribution in [-0.2, 0) is 17.9 Å². The van der Waals surface area contributed by atoms with Gasteiger partial charge < -0.3 is 14.2 Å². The van der Waals surface area contributed by atoms with Crippen molar-refractivity contribution >= 4 is 17.5 Å². The van der Waals surface area contributed by atoms with Gasteiger partial charge >= 0.3 is 0 Å². The Labute approximate surface area is 137 Å². The summed E-state index contributed by atoms with van der Waals surface area (Å²) in [6, 6.07) is 3.79. The Morgan fingerprint density at radius 2 is 2.26 bits per heavy atom. The number of fused-ring (bicyclic) bond motifs is 1. The molecule has 0 saturated carbocycles. The van der Waals surface area contributed by atoms with E-state index in [0.29, 0.717) is 25.5 Å². The summed E-state index contributed by atoms with van der Waals surface area (Å²) in [6.07, 6.45) is 0. The van der Waals surface area contributed by atoms with Gasteiger partial charge in [0.25, 0.3) is 5.91 Å². The molecule has 0 spiro atoms. The van der Waals surface area contributed by atoms with Gasteiger partial charge in [-0.3, -0.25) is 4.79 Å². The molecule has 0 bridgehead atoms. The second kappa shape index (κ2) is 6.25. The number of ether oxygens (including phenoxy) is 1. The van der Waals surface area contributed by atoms with Crippen LogP contribution in [0.2, 0.25) is 5.02 Å². The Hall–Kier alpha value is -1.99. The Kier molecular flexibility index (Phi) is 4.32. The SMILES string of the molecule is COCc1nnc2n1[C@@H](C)CN(C(=O)c1ccc(F)cc1Cl)C2. The van der Waals surface area contributed by atoms with Gasteiger partial charge in [-0.05, 0) is 25.1 Å². The number of hydrogen-bond donors (Lipinski definition) is 0. The fraction of sp³-hybridized carbons (Fsp3) is 0.400. The molecular weight excluding hydrogens is 323 g/mol. The van der Waals surface area contributed by atoms with Gasteiger partial charge in [-0.1, -0.05) is 11.6 Å². The Morgan fingerprint density at radius 1 is 1.48 bits per heavy atom. The van der Waals surface area contributed by atoms with Gasteiger partial charge in [0.2, 0.25) is 0 Å². The lowest BCUT2D eigenvalue weighted by atomic mass is 10.1. The standard InChI is InChI=1S/C15H16ClFN4O2/c1-9-6-20(7-13-18-19-14(8-23-2)21(9)13)15(22)11-4-3-10(17)5-12(11)16/h3-5,9H,6-8H2,1-2H3/t9-/m0/s1. The van der Waals surface area contributed by atoms with Crippen LogP contribution in [0.5, 0.6) is 0 Å². The number of amides is 1. The van der Waals surface area contributed by atoms with E-state index in [1.807, 2.05) is 11.5 Å². The van der Waals surface area contributed by atoms with Gasteiger partial charge in [0.15, 0.2) is 11.6 Å². The quantitative estimate of drug-likeness (QED) is 0.862. The van der Waals surface area contributed by atoms with Crippen molar-refractivity contribution in [2.75, 3.05) is 13.7 Å². The second-order valence-electron chi connectivity index (χ2n) is 5.49. The van der Waals surface area contributed by atoms with Crippen molar-refractivity contribution in [1.29, 1.82) is 0 Å². The van der Waals surface area contributed by atoms with E-state index in [2.05, 4.69) is 10.2 Å². The van der Waals surface area contributed by atoms with Crippen LogP contribution >= 0.6 is 11.6 Å². The van der Waals surface area contributed by atoms with Gasteiger partial charge in [-0.15, -0.1) is 10.2 Å². The molecule has 0 N–H and O–H groups in total. The lowest BCUT2D eigenvalue weighted by molar-refractivity contribution is 0.0675. The minimum absolute atomic E-state index is 0.0158. The molecule has 1 aromatic carbocycles. The van der Waals surface area contributed by atoms with E-state index in [0.717, 1.165) is 11.9 Å². The molecule has 23 heavy (non-hydrogen) atoms. The van der Waals surface area contributed by atoms with Crippen molar-refractivity contribution < 1.29 is 13.9 Å². The number of rotatable bonds is 3. The van der Waals surface area contributed by atoms with Crippen LogP contribution in [0.25, 0.3) is 0 Å². The van der Waals surface area contributed by atoms with Crippen molar-refractivity contribution in [2.24, 2.45) is 0 Å². The van der Waals surface area contributed by atoms with Crippen LogP contribution in [0.4, 0.5) is 4.39 Å². The lowest BCUT2D eigenvalue weighted by Gasteiger charge is -2.32. The Balaban J connectivity index is 1.86. The summed E-state index contributed by atoms with van der Waals surface area (Å²) < 4.78 is 20.2. The van der Waals surface area contributed by atoms with Gasteiger partial charge in [-0.2, -0.15) is 0 Å². The van der Waals surface area contributed by atoms with Crippen LogP contribution < -0.4 is 0 Å². The van der Waals surface area contributed by atoms with Gasteiger partial charge in [-0.25, -0.2) is 4.39 Å². The Bertz CT molecular complexity index is 749. The van der Waals surface area contributed by atoms with Gasteiger partial charge in [0, 0.05) is 13.7 Å². The molecule has 1 aliphatic rings. The first-order chi connectivity index (χ1) is 11.0. The molecule has 1 aliphatic heterocycles. The van der Waals surface area contributed by atoms with Crippen LogP contribution in [0.3, 0.4) is 0 Å². The maximum atomic E-state index is 13.1. The molecule has 0 saturated heterocycles. The van der Waals surface area contributed by atoms with E-state index < -0.39 is 5.82 Å². The largest absolute Gasteiger partial charge is 0.377 e. The average molecular weight is 339 g/mol. The first-order valence-corrected chi connectivity index (χ1v) is 7.55. The number of halogens is 2. The summed E-state index contributed by atoms with van der Waals surface area (Å²) in [7, 11) is 1.60. The fourth-order valence-electron chi connectivity index (χ4n) is 2.83. The molecule has 3 rings (SSSR count). The third-order valence-electron chi connectivity index (χ3n) is 3.82. The van der Waals surface area contributed by atoms with E-state index in [-0.39, 0.29) is 22.5 Å². The number of aromatic nitrogens is 3. The maximum Gasteiger partial charge on any atom is 0.255 e. The zero-order chi connectivity index (χ0) is 16.6. The molecule has 0 radical (unpaired) electrons. The number of hydrogen-bond acceptors (Lipinski definition) is 4. The minimum Gasteiger partial charge on any atom is -0.377 e. The lowest BCUT2D eigenvalue weighted by Crippen LogP contribution is -2.41.